The first-order valence-corrected chi connectivity index (χ1v) is 9.64. The summed E-state index contributed by atoms with van der Waals surface area (Å²) in [7, 11) is 0. The van der Waals surface area contributed by atoms with E-state index in [1.807, 2.05) is 19.1 Å². The van der Waals surface area contributed by atoms with E-state index in [4.69, 9.17) is 9.47 Å². The van der Waals surface area contributed by atoms with Crippen LogP contribution >= 0.6 is 0 Å². The number of hydrogen-bond donors (Lipinski definition) is 0. The normalized spacial score (nSPS) is 14.2. The first kappa shape index (κ1) is 18.4. The topological polar surface area (TPSA) is 44.2 Å². The van der Waals surface area contributed by atoms with Crippen LogP contribution < -0.4 is 9.47 Å². The molecule has 0 saturated heterocycles. The third-order valence-corrected chi connectivity index (χ3v) is 5.03. The number of aryl methyl sites for hydroxylation is 1. The highest BCUT2D eigenvalue weighted by Gasteiger charge is 2.16. The van der Waals surface area contributed by atoms with Gasteiger partial charge in [0.1, 0.15) is 35.5 Å². The second-order valence-electron chi connectivity index (χ2n) is 7.20. The fourth-order valence-electron chi connectivity index (χ4n) is 3.54. The third kappa shape index (κ3) is 4.66. The van der Waals surface area contributed by atoms with E-state index in [0.717, 1.165) is 5.56 Å². The van der Waals surface area contributed by atoms with Gasteiger partial charge in [0, 0.05) is 36.2 Å². The highest BCUT2D eigenvalue weighted by molar-refractivity contribution is 5.39. The SMILES string of the molecule is Cc1ncc(COc2cc(F)cc(Oc3ccc(C4CCCC4)cc3)c2)cn1. The predicted octanol–water partition coefficient (Wildman–Crippen LogP) is 5.95. The summed E-state index contributed by atoms with van der Waals surface area (Å²) in [6.45, 7) is 2.08. The Morgan fingerprint density at radius 1 is 0.929 bits per heavy atom. The Hall–Kier alpha value is -2.95. The molecule has 0 bridgehead atoms. The van der Waals surface area contributed by atoms with Gasteiger partial charge in [0.05, 0.1) is 0 Å². The molecule has 1 fully saturated rings. The van der Waals surface area contributed by atoms with Crippen LogP contribution in [0.1, 0.15) is 48.6 Å². The number of nitrogens with zero attached hydrogens (tertiary/aromatic N) is 2. The average molecular weight is 378 g/mol. The maximum Gasteiger partial charge on any atom is 0.134 e. The molecule has 0 spiro atoms. The van der Waals surface area contributed by atoms with E-state index in [-0.39, 0.29) is 6.61 Å². The molecule has 1 aliphatic carbocycles. The molecule has 2 aromatic carbocycles. The molecule has 4 nitrogen and oxygen atoms in total. The van der Waals surface area contributed by atoms with Gasteiger partial charge in [0.15, 0.2) is 0 Å². The molecular formula is C23H23FN2O2. The monoisotopic (exact) mass is 378 g/mol. The van der Waals surface area contributed by atoms with Gasteiger partial charge in [-0.15, -0.1) is 0 Å². The number of halogens is 1. The third-order valence-electron chi connectivity index (χ3n) is 5.03. The summed E-state index contributed by atoms with van der Waals surface area (Å²) < 4.78 is 25.5. The molecule has 144 valence electrons. The van der Waals surface area contributed by atoms with Crippen LogP contribution in [0, 0.1) is 12.7 Å². The van der Waals surface area contributed by atoms with Crippen molar-refractivity contribution in [2.24, 2.45) is 0 Å². The Kier molecular flexibility index (Phi) is 5.51. The van der Waals surface area contributed by atoms with Gasteiger partial charge in [-0.25, -0.2) is 14.4 Å². The van der Waals surface area contributed by atoms with Crippen molar-refractivity contribution < 1.29 is 13.9 Å². The van der Waals surface area contributed by atoms with Gasteiger partial charge in [-0.1, -0.05) is 25.0 Å². The lowest BCUT2D eigenvalue weighted by atomic mass is 9.98. The summed E-state index contributed by atoms with van der Waals surface area (Å²) in [5.41, 5.74) is 2.17. The molecule has 0 unspecified atom stereocenters. The number of benzene rings is 2. The molecule has 28 heavy (non-hydrogen) atoms. The van der Waals surface area contributed by atoms with Gasteiger partial charge in [0.2, 0.25) is 0 Å². The van der Waals surface area contributed by atoms with Crippen molar-refractivity contribution in [1.82, 2.24) is 9.97 Å². The lowest BCUT2D eigenvalue weighted by Crippen LogP contribution is -1.99. The Morgan fingerprint density at radius 3 is 2.32 bits per heavy atom. The molecule has 0 amide bonds. The Labute approximate surface area is 164 Å². The molecule has 0 radical (unpaired) electrons. The fourth-order valence-corrected chi connectivity index (χ4v) is 3.54. The second kappa shape index (κ2) is 8.38. The van der Waals surface area contributed by atoms with Crippen molar-refractivity contribution >= 4 is 0 Å². The van der Waals surface area contributed by atoms with Gasteiger partial charge < -0.3 is 9.47 Å². The molecule has 3 aromatic rings. The van der Waals surface area contributed by atoms with E-state index in [0.29, 0.717) is 29.0 Å². The Morgan fingerprint density at radius 2 is 1.61 bits per heavy atom. The molecule has 1 heterocycles. The molecule has 5 heteroatoms. The van der Waals surface area contributed by atoms with E-state index in [9.17, 15) is 4.39 Å². The van der Waals surface area contributed by atoms with E-state index in [1.165, 1.54) is 43.4 Å². The molecule has 4 rings (SSSR count). The van der Waals surface area contributed by atoms with Crippen molar-refractivity contribution in [2.75, 3.05) is 0 Å². The second-order valence-corrected chi connectivity index (χ2v) is 7.20. The van der Waals surface area contributed by atoms with Gasteiger partial charge in [-0.05, 0) is 43.4 Å². The summed E-state index contributed by atoms with van der Waals surface area (Å²) in [6, 6.07) is 12.5. The van der Waals surface area contributed by atoms with Gasteiger partial charge in [-0.3, -0.25) is 0 Å². The molecule has 0 N–H and O–H groups in total. The highest BCUT2D eigenvalue weighted by atomic mass is 19.1. The number of aromatic nitrogens is 2. The zero-order valence-electron chi connectivity index (χ0n) is 15.9. The number of hydrogen-bond acceptors (Lipinski definition) is 4. The summed E-state index contributed by atoms with van der Waals surface area (Å²) in [5.74, 6) is 2.44. The van der Waals surface area contributed by atoms with Crippen LogP contribution in [0.15, 0.2) is 54.9 Å². The molecule has 0 aliphatic heterocycles. The maximum absolute atomic E-state index is 14.0. The Bertz CT molecular complexity index is 920. The fraction of sp³-hybridized carbons (Fsp3) is 0.304. The summed E-state index contributed by atoms with van der Waals surface area (Å²) in [4.78, 5) is 8.26. The van der Waals surface area contributed by atoms with Crippen molar-refractivity contribution in [3.05, 3.63) is 77.6 Å². The zero-order valence-corrected chi connectivity index (χ0v) is 15.9. The van der Waals surface area contributed by atoms with Crippen LogP contribution in [0.4, 0.5) is 4.39 Å². The van der Waals surface area contributed by atoms with Crippen molar-refractivity contribution in [2.45, 2.75) is 45.1 Å². The average Bonchev–Trinajstić information content (AvgIpc) is 3.23. The molecular weight excluding hydrogens is 355 g/mol. The van der Waals surface area contributed by atoms with Crippen molar-refractivity contribution in [3.8, 4) is 17.2 Å². The van der Waals surface area contributed by atoms with Crippen LogP contribution in [0.2, 0.25) is 0 Å². The standard InChI is InChI=1S/C23H23FN2O2/c1-16-25-13-17(14-26-16)15-27-22-10-20(24)11-23(12-22)28-21-8-6-19(7-9-21)18-4-2-3-5-18/h6-14,18H,2-5,15H2,1H3. The first-order chi connectivity index (χ1) is 13.7. The number of rotatable bonds is 6. The van der Waals surface area contributed by atoms with Crippen LogP contribution in [0.25, 0.3) is 0 Å². The minimum absolute atomic E-state index is 0.263. The first-order valence-electron chi connectivity index (χ1n) is 9.64. The predicted molar refractivity (Wildman–Crippen MR) is 105 cm³/mol. The van der Waals surface area contributed by atoms with Crippen molar-refractivity contribution in [3.63, 3.8) is 0 Å². The van der Waals surface area contributed by atoms with E-state index >= 15 is 0 Å². The van der Waals surface area contributed by atoms with Crippen molar-refractivity contribution in [1.29, 1.82) is 0 Å². The van der Waals surface area contributed by atoms with Crippen LogP contribution in [-0.2, 0) is 6.61 Å². The molecule has 1 aliphatic rings. The number of ether oxygens (including phenoxy) is 2. The van der Waals surface area contributed by atoms with Crippen LogP contribution in [0.3, 0.4) is 0 Å². The van der Waals surface area contributed by atoms with Crippen LogP contribution in [0.5, 0.6) is 17.2 Å². The highest BCUT2D eigenvalue weighted by Crippen LogP contribution is 2.35. The minimum atomic E-state index is -0.407. The smallest absolute Gasteiger partial charge is 0.134 e. The quantitative estimate of drug-likeness (QED) is 0.531. The Balaban J connectivity index is 1.42. The van der Waals surface area contributed by atoms with Crippen LogP contribution in [-0.4, -0.2) is 9.97 Å². The lowest BCUT2D eigenvalue weighted by Gasteiger charge is -2.12. The molecule has 1 aromatic heterocycles. The summed E-state index contributed by atoms with van der Waals surface area (Å²) in [5, 5.41) is 0. The van der Waals surface area contributed by atoms with Gasteiger partial charge in [-0.2, -0.15) is 0 Å². The lowest BCUT2D eigenvalue weighted by molar-refractivity contribution is 0.301. The minimum Gasteiger partial charge on any atom is -0.489 e. The molecule has 1 saturated carbocycles. The van der Waals surface area contributed by atoms with Gasteiger partial charge in [0.25, 0.3) is 0 Å². The summed E-state index contributed by atoms with van der Waals surface area (Å²) in [6.07, 6.45) is 8.54. The summed E-state index contributed by atoms with van der Waals surface area (Å²) >= 11 is 0. The maximum atomic E-state index is 14.0. The molecule has 0 atom stereocenters. The van der Waals surface area contributed by atoms with E-state index < -0.39 is 5.82 Å². The van der Waals surface area contributed by atoms with E-state index in [1.54, 1.807) is 18.5 Å². The van der Waals surface area contributed by atoms with E-state index in [2.05, 4.69) is 22.1 Å². The van der Waals surface area contributed by atoms with Gasteiger partial charge >= 0.3 is 0 Å². The zero-order chi connectivity index (χ0) is 19.3. The largest absolute Gasteiger partial charge is 0.489 e.